The molecule has 36 heavy (non-hydrogen) atoms. The van der Waals surface area contributed by atoms with Gasteiger partial charge in [0.2, 0.25) is 0 Å². The number of benzene rings is 1. The second kappa shape index (κ2) is 9.91. The van der Waals surface area contributed by atoms with Gasteiger partial charge >= 0.3 is 6.09 Å². The summed E-state index contributed by atoms with van der Waals surface area (Å²) in [4.78, 5) is 38.2. The van der Waals surface area contributed by atoms with Crippen molar-refractivity contribution in [2.24, 2.45) is 7.05 Å². The molecule has 4 heterocycles. The summed E-state index contributed by atoms with van der Waals surface area (Å²) in [5.41, 5.74) is 0.180. The highest BCUT2D eigenvalue weighted by atomic mass is 19.1. The van der Waals surface area contributed by atoms with Gasteiger partial charge in [0.25, 0.3) is 11.4 Å². The summed E-state index contributed by atoms with van der Waals surface area (Å²) in [5, 5.41) is 16.4. The molecule has 0 spiro atoms. The molecule has 0 saturated carbocycles. The summed E-state index contributed by atoms with van der Waals surface area (Å²) in [5.74, 6) is 0.360. The van der Waals surface area contributed by atoms with Crippen LogP contribution >= 0.6 is 0 Å². The van der Waals surface area contributed by atoms with E-state index in [1.807, 2.05) is 0 Å². The fraction of sp³-hybridized carbons (Fsp3) is 0.409. The maximum Gasteiger partial charge on any atom is 0.416 e. The molecule has 13 nitrogen and oxygen atoms in total. The number of fused-ring (bicyclic) bond motifs is 2. The summed E-state index contributed by atoms with van der Waals surface area (Å²) in [7, 11) is 1.49. The number of carbonyl (C=O) groups excluding carboxylic acids is 1. The summed E-state index contributed by atoms with van der Waals surface area (Å²) in [6, 6.07) is 2.64. The summed E-state index contributed by atoms with van der Waals surface area (Å²) in [6.45, 7) is 1.45. The van der Waals surface area contributed by atoms with Gasteiger partial charge in [0.1, 0.15) is 30.9 Å². The molecule has 1 fully saturated rings. The maximum atomic E-state index is 14.4. The molecule has 1 saturated heterocycles. The first-order valence-corrected chi connectivity index (χ1v) is 11.3. The van der Waals surface area contributed by atoms with Crippen molar-refractivity contribution < 1.29 is 28.5 Å². The lowest BCUT2D eigenvalue weighted by molar-refractivity contribution is 0.0984. The number of ether oxygens (including phenoxy) is 3. The minimum Gasteiger partial charge on any atom is -0.485 e. The second-order valence-corrected chi connectivity index (χ2v) is 8.30. The van der Waals surface area contributed by atoms with Crippen molar-refractivity contribution in [3.05, 3.63) is 40.7 Å². The highest BCUT2D eigenvalue weighted by Crippen LogP contribution is 2.28. The lowest BCUT2D eigenvalue weighted by Crippen LogP contribution is -2.37. The van der Waals surface area contributed by atoms with Gasteiger partial charge in [-0.2, -0.15) is 0 Å². The van der Waals surface area contributed by atoms with Crippen molar-refractivity contribution in [2.45, 2.75) is 12.2 Å². The van der Waals surface area contributed by atoms with E-state index < -0.39 is 29.7 Å². The molecule has 2 aliphatic heterocycles. The van der Waals surface area contributed by atoms with E-state index in [1.165, 1.54) is 34.8 Å². The van der Waals surface area contributed by atoms with E-state index in [0.29, 0.717) is 36.2 Å². The van der Waals surface area contributed by atoms with E-state index in [9.17, 15) is 19.1 Å². The van der Waals surface area contributed by atoms with Gasteiger partial charge in [0, 0.05) is 20.1 Å². The Labute approximate surface area is 203 Å². The molecule has 3 aromatic rings. The number of anilines is 2. The molecule has 2 aliphatic rings. The predicted molar refractivity (Wildman–Crippen MR) is 125 cm³/mol. The Balaban J connectivity index is 1.13. The molecule has 5 rings (SSSR count). The number of hydrogen-bond donors (Lipinski definition) is 3. The van der Waals surface area contributed by atoms with Crippen molar-refractivity contribution >= 4 is 28.8 Å². The first-order valence-electron chi connectivity index (χ1n) is 11.3. The molecule has 3 N–H and O–H groups in total. The molecule has 0 aliphatic carbocycles. The minimum atomic E-state index is -1.00. The standard InChI is InChI=1S/C22H24FN7O6/c1-29-17(32)9-26-15-3-2-14(23)19(18(15)29)35-11-12(31)6-24-7-13-10-30(22(33)36-13)16-8-27-21-20(28-16)25-4-5-34-21/h2-3,8-9,12-13,24,31H,4-7,10-11H2,1H3,(H,25,28)/t12?,13-/m0/s1. The summed E-state index contributed by atoms with van der Waals surface area (Å²) < 4.78 is 31.9. The number of nitrogens with zero attached hydrogens (tertiary/aromatic N) is 5. The van der Waals surface area contributed by atoms with Crippen LogP contribution in [0.15, 0.2) is 29.3 Å². The van der Waals surface area contributed by atoms with Crippen LogP contribution in [0.25, 0.3) is 11.0 Å². The maximum absolute atomic E-state index is 14.4. The van der Waals surface area contributed by atoms with E-state index in [0.717, 1.165) is 6.20 Å². The second-order valence-electron chi connectivity index (χ2n) is 8.30. The van der Waals surface area contributed by atoms with Gasteiger partial charge in [-0.05, 0) is 12.1 Å². The van der Waals surface area contributed by atoms with Crippen LogP contribution in [0.3, 0.4) is 0 Å². The molecule has 14 heteroatoms. The average Bonchev–Trinajstić information content (AvgIpc) is 3.25. The van der Waals surface area contributed by atoms with E-state index in [2.05, 4.69) is 25.6 Å². The van der Waals surface area contributed by atoms with Crippen LogP contribution < -0.4 is 30.6 Å². The van der Waals surface area contributed by atoms with Gasteiger partial charge in [-0.3, -0.25) is 9.69 Å². The Morgan fingerprint density at radius 2 is 2.19 bits per heavy atom. The first kappa shape index (κ1) is 23.7. The zero-order valence-corrected chi connectivity index (χ0v) is 19.3. The van der Waals surface area contributed by atoms with Crippen LogP contribution in [-0.2, 0) is 11.8 Å². The number of amides is 1. The zero-order chi connectivity index (χ0) is 25.2. The Morgan fingerprint density at radius 3 is 3.06 bits per heavy atom. The number of nitrogens with one attached hydrogen (secondary N) is 2. The number of halogens is 1. The Hall–Kier alpha value is -4.04. The van der Waals surface area contributed by atoms with Crippen LogP contribution in [0.1, 0.15) is 0 Å². The highest BCUT2D eigenvalue weighted by Gasteiger charge is 2.34. The lowest BCUT2D eigenvalue weighted by Gasteiger charge is -2.19. The molecular formula is C22H24FN7O6. The molecule has 0 bridgehead atoms. The van der Waals surface area contributed by atoms with Crippen LogP contribution in [0.4, 0.5) is 20.8 Å². The fourth-order valence-corrected chi connectivity index (χ4v) is 3.92. The quantitative estimate of drug-likeness (QED) is 0.383. The number of aromatic nitrogens is 4. The van der Waals surface area contributed by atoms with E-state index >= 15 is 0 Å². The van der Waals surface area contributed by atoms with Gasteiger partial charge in [-0.15, -0.1) is 0 Å². The van der Waals surface area contributed by atoms with Gasteiger partial charge in [0.15, 0.2) is 23.2 Å². The van der Waals surface area contributed by atoms with Gasteiger partial charge in [0.05, 0.1) is 31.0 Å². The Bertz CT molecular complexity index is 1350. The van der Waals surface area contributed by atoms with E-state index in [4.69, 9.17) is 14.2 Å². The van der Waals surface area contributed by atoms with Crippen LogP contribution in [0.2, 0.25) is 0 Å². The molecule has 1 aromatic carbocycles. The largest absolute Gasteiger partial charge is 0.485 e. The number of carbonyl (C=O) groups is 1. The van der Waals surface area contributed by atoms with Gasteiger partial charge in [-0.1, -0.05) is 0 Å². The third kappa shape index (κ3) is 4.72. The topological polar surface area (TPSA) is 153 Å². The van der Waals surface area contributed by atoms with Gasteiger partial charge < -0.3 is 34.5 Å². The molecule has 0 radical (unpaired) electrons. The third-order valence-corrected chi connectivity index (χ3v) is 5.72. The Kier molecular flexibility index (Phi) is 6.52. The number of rotatable bonds is 8. The zero-order valence-electron chi connectivity index (χ0n) is 19.3. The van der Waals surface area contributed by atoms with Gasteiger partial charge in [-0.25, -0.2) is 24.1 Å². The fourth-order valence-electron chi connectivity index (χ4n) is 3.92. The number of aliphatic hydroxyl groups is 1. The van der Waals surface area contributed by atoms with E-state index in [-0.39, 0.29) is 37.5 Å². The molecule has 1 unspecified atom stereocenters. The average molecular weight is 501 g/mol. The highest BCUT2D eigenvalue weighted by molar-refractivity contribution is 5.88. The first-order chi connectivity index (χ1) is 17.4. The van der Waals surface area contributed by atoms with Crippen LogP contribution in [-0.4, -0.2) is 82.3 Å². The Morgan fingerprint density at radius 1 is 1.33 bits per heavy atom. The molecular weight excluding hydrogens is 477 g/mol. The summed E-state index contributed by atoms with van der Waals surface area (Å²) in [6.07, 6.45) is 0.551. The predicted octanol–water partition coefficient (Wildman–Crippen LogP) is 0.0216. The molecule has 190 valence electrons. The smallest absolute Gasteiger partial charge is 0.416 e. The molecule has 2 atom stereocenters. The van der Waals surface area contributed by atoms with Crippen molar-refractivity contribution in [3.8, 4) is 11.6 Å². The lowest BCUT2D eigenvalue weighted by atomic mass is 10.2. The molecule has 2 aromatic heterocycles. The summed E-state index contributed by atoms with van der Waals surface area (Å²) >= 11 is 0. The molecule has 1 amide bonds. The number of cyclic esters (lactones) is 1. The third-order valence-electron chi connectivity index (χ3n) is 5.72. The number of aryl methyl sites for hydroxylation is 1. The van der Waals surface area contributed by atoms with Crippen molar-refractivity contribution in [1.29, 1.82) is 0 Å². The van der Waals surface area contributed by atoms with Crippen molar-refractivity contribution in [2.75, 3.05) is 49.6 Å². The van der Waals surface area contributed by atoms with Crippen LogP contribution in [0.5, 0.6) is 11.6 Å². The number of aliphatic hydroxyl groups excluding tert-OH is 1. The normalized spacial score (nSPS) is 17.8. The number of hydrogen-bond acceptors (Lipinski definition) is 11. The van der Waals surface area contributed by atoms with Crippen LogP contribution in [0, 0.1) is 5.82 Å². The van der Waals surface area contributed by atoms with Crippen molar-refractivity contribution in [1.82, 2.24) is 24.8 Å². The van der Waals surface area contributed by atoms with Crippen molar-refractivity contribution in [3.63, 3.8) is 0 Å². The minimum absolute atomic E-state index is 0.0948. The van der Waals surface area contributed by atoms with E-state index in [1.54, 1.807) is 0 Å². The SMILES string of the molecule is Cn1c(=O)cnc2ccc(F)c(OCC(O)CNC[C@H]3CN(c4cnc5c(n4)NCCO5)C(=O)O3)c21. The monoisotopic (exact) mass is 501 g/mol.